The summed E-state index contributed by atoms with van der Waals surface area (Å²) in [6.07, 6.45) is 5.89. The highest BCUT2D eigenvalue weighted by Crippen LogP contribution is 2.28. The second-order valence-electron chi connectivity index (χ2n) is 7.99. The van der Waals surface area contributed by atoms with Gasteiger partial charge in [0.1, 0.15) is 5.69 Å². The van der Waals surface area contributed by atoms with E-state index in [2.05, 4.69) is 11.5 Å². The summed E-state index contributed by atoms with van der Waals surface area (Å²) in [4.78, 5) is 26.1. The molecule has 0 amide bonds. The van der Waals surface area contributed by atoms with Gasteiger partial charge < -0.3 is 9.30 Å². The van der Waals surface area contributed by atoms with Crippen molar-refractivity contribution in [2.45, 2.75) is 33.7 Å². The lowest BCUT2D eigenvalue weighted by Crippen LogP contribution is -2.13. The minimum atomic E-state index is -0.569. The number of ether oxygens (including phenoxy) is 1. The van der Waals surface area contributed by atoms with Gasteiger partial charge in [0.2, 0.25) is 5.78 Å². The number of esters is 1. The molecule has 1 aromatic carbocycles. The van der Waals surface area contributed by atoms with Crippen LogP contribution in [0.4, 0.5) is 0 Å². The Hall–Kier alpha value is -3.71. The predicted molar refractivity (Wildman–Crippen MR) is 135 cm³/mol. The van der Waals surface area contributed by atoms with Crippen molar-refractivity contribution >= 4 is 29.2 Å². The van der Waals surface area contributed by atoms with Gasteiger partial charge in [0, 0.05) is 41.3 Å². The number of carbonyl (C=O) groups excluding carboxylic acids is 2. The number of hydrogen-bond acceptors (Lipinski definition) is 5. The van der Waals surface area contributed by atoms with Crippen LogP contribution in [0.15, 0.2) is 66.2 Å². The third-order valence-corrected chi connectivity index (χ3v) is 6.46. The fraction of sp³-hybridized carbons (Fsp3) is 0.222. The van der Waals surface area contributed by atoms with E-state index in [1.807, 2.05) is 74.0 Å². The average molecular weight is 474 g/mol. The van der Waals surface area contributed by atoms with Crippen molar-refractivity contribution in [3.05, 3.63) is 88.7 Å². The van der Waals surface area contributed by atoms with Crippen molar-refractivity contribution in [1.29, 1.82) is 0 Å². The number of Topliss-reactive ketones (excluding diaryl/α,β-unsaturated/α-hetero) is 1. The Morgan fingerprint density at radius 1 is 1.12 bits per heavy atom. The molecular formula is C27H27N3O3S. The summed E-state index contributed by atoms with van der Waals surface area (Å²) in [5.41, 5.74) is 5.04. The van der Waals surface area contributed by atoms with Crippen LogP contribution in [0.3, 0.4) is 0 Å². The Bertz CT molecular complexity index is 1310. The predicted octanol–water partition coefficient (Wildman–Crippen LogP) is 5.87. The number of aromatic nitrogens is 3. The highest BCUT2D eigenvalue weighted by atomic mass is 32.1. The van der Waals surface area contributed by atoms with E-state index in [0.717, 1.165) is 46.2 Å². The smallest absolute Gasteiger partial charge is 0.331 e. The molecule has 174 valence electrons. The van der Waals surface area contributed by atoms with Crippen LogP contribution in [0.2, 0.25) is 0 Å². The number of aryl methyl sites for hydroxylation is 1. The van der Waals surface area contributed by atoms with Gasteiger partial charge in [0.05, 0.1) is 10.6 Å². The van der Waals surface area contributed by atoms with Gasteiger partial charge in [-0.1, -0.05) is 31.2 Å². The Balaban J connectivity index is 1.47. The molecule has 0 unspecified atom stereocenters. The number of carbonyl (C=O) groups is 2. The van der Waals surface area contributed by atoms with Gasteiger partial charge in [0.15, 0.2) is 6.61 Å². The van der Waals surface area contributed by atoms with Crippen LogP contribution in [0.25, 0.3) is 22.3 Å². The number of benzene rings is 1. The molecule has 0 aliphatic rings. The molecule has 0 bridgehead atoms. The molecule has 7 heteroatoms. The Kier molecular flexibility index (Phi) is 7.23. The monoisotopic (exact) mass is 473 g/mol. The first kappa shape index (κ1) is 23.4. The Morgan fingerprint density at radius 2 is 1.91 bits per heavy atom. The van der Waals surface area contributed by atoms with Crippen LogP contribution in [0, 0.1) is 13.8 Å². The van der Waals surface area contributed by atoms with Gasteiger partial charge in [0.25, 0.3) is 0 Å². The molecule has 0 saturated heterocycles. The van der Waals surface area contributed by atoms with E-state index in [9.17, 15) is 9.59 Å². The molecule has 0 fully saturated rings. The van der Waals surface area contributed by atoms with Gasteiger partial charge in [-0.05, 0) is 56.0 Å². The quantitative estimate of drug-likeness (QED) is 0.173. The minimum Gasteiger partial charge on any atom is -0.454 e. The maximum absolute atomic E-state index is 12.7. The highest BCUT2D eigenvalue weighted by molar-refractivity contribution is 7.13. The first-order chi connectivity index (χ1) is 16.5. The van der Waals surface area contributed by atoms with Gasteiger partial charge in [-0.2, -0.15) is 5.10 Å². The van der Waals surface area contributed by atoms with E-state index >= 15 is 0 Å². The molecule has 0 saturated carbocycles. The molecular weight excluding hydrogens is 446 g/mol. The van der Waals surface area contributed by atoms with E-state index in [4.69, 9.17) is 9.84 Å². The third kappa shape index (κ3) is 5.10. The SMILES string of the molecule is CCCn1c(C)cc(C(=O)COC(=O)C=Cc2cn(-c3ccccc3)nc2-c2cccs2)c1C. The van der Waals surface area contributed by atoms with Crippen molar-refractivity contribution in [3.8, 4) is 16.3 Å². The largest absolute Gasteiger partial charge is 0.454 e. The topological polar surface area (TPSA) is 66.1 Å². The van der Waals surface area contributed by atoms with Crippen molar-refractivity contribution in [2.24, 2.45) is 0 Å². The molecule has 0 aliphatic heterocycles. The van der Waals surface area contributed by atoms with Gasteiger partial charge in [-0.25, -0.2) is 9.48 Å². The van der Waals surface area contributed by atoms with E-state index in [-0.39, 0.29) is 12.4 Å². The molecule has 0 atom stereocenters. The van der Waals surface area contributed by atoms with Crippen molar-refractivity contribution in [2.75, 3.05) is 6.61 Å². The van der Waals surface area contributed by atoms with Crippen molar-refractivity contribution in [1.82, 2.24) is 14.3 Å². The standard InChI is InChI=1S/C27H27N3O3S/c1-4-14-29-19(2)16-23(20(29)3)24(31)18-33-26(32)13-12-21-17-30(22-9-6-5-7-10-22)28-27(21)25-11-8-15-34-25/h5-13,15-17H,4,14,18H2,1-3H3. The van der Waals surface area contributed by atoms with Gasteiger partial charge in [-0.15, -0.1) is 11.3 Å². The Morgan fingerprint density at radius 3 is 2.62 bits per heavy atom. The lowest BCUT2D eigenvalue weighted by atomic mass is 10.1. The fourth-order valence-corrected chi connectivity index (χ4v) is 4.63. The number of rotatable bonds is 9. The number of para-hydroxylation sites is 1. The Labute approximate surface area is 203 Å². The number of hydrogen-bond donors (Lipinski definition) is 0. The summed E-state index contributed by atoms with van der Waals surface area (Å²) in [7, 11) is 0. The molecule has 0 aliphatic carbocycles. The molecule has 4 rings (SSSR count). The van der Waals surface area contributed by atoms with Crippen molar-refractivity contribution in [3.63, 3.8) is 0 Å². The first-order valence-corrected chi connectivity index (χ1v) is 12.1. The van der Waals surface area contributed by atoms with Crippen LogP contribution in [0.1, 0.15) is 40.7 Å². The summed E-state index contributed by atoms with van der Waals surface area (Å²) in [6.45, 7) is 6.57. The van der Waals surface area contributed by atoms with Gasteiger partial charge >= 0.3 is 5.97 Å². The zero-order chi connectivity index (χ0) is 24.1. The summed E-state index contributed by atoms with van der Waals surface area (Å²) in [5, 5.41) is 6.71. The molecule has 6 nitrogen and oxygen atoms in total. The van der Waals surface area contributed by atoms with Gasteiger partial charge in [-0.3, -0.25) is 4.79 Å². The van der Waals surface area contributed by atoms with Crippen LogP contribution in [-0.2, 0) is 16.1 Å². The van der Waals surface area contributed by atoms with Crippen LogP contribution < -0.4 is 0 Å². The maximum Gasteiger partial charge on any atom is 0.331 e. The van der Waals surface area contributed by atoms with Crippen LogP contribution in [0.5, 0.6) is 0 Å². The lowest BCUT2D eigenvalue weighted by molar-refractivity contribution is -0.136. The summed E-state index contributed by atoms with van der Waals surface area (Å²) in [6, 6.07) is 15.6. The second-order valence-corrected chi connectivity index (χ2v) is 8.94. The summed E-state index contributed by atoms with van der Waals surface area (Å²) in [5.74, 6) is -0.770. The minimum absolute atomic E-state index is 0.201. The molecule has 34 heavy (non-hydrogen) atoms. The number of ketones is 1. The van der Waals surface area contributed by atoms with Crippen molar-refractivity contribution < 1.29 is 14.3 Å². The zero-order valence-electron chi connectivity index (χ0n) is 19.5. The number of nitrogens with zero attached hydrogens (tertiary/aromatic N) is 3. The van der Waals surface area contributed by atoms with E-state index in [1.54, 1.807) is 22.1 Å². The first-order valence-electron chi connectivity index (χ1n) is 11.2. The molecule has 0 N–H and O–H groups in total. The zero-order valence-corrected chi connectivity index (χ0v) is 20.3. The van der Waals surface area contributed by atoms with Crippen LogP contribution in [-0.4, -0.2) is 32.7 Å². The molecule has 4 aromatic rings. The maximum atomic E-state index is 12.7. The summed E-state index contributed by atoms with van der Waals surface area (Å²) >= 11 is 1.58. The van der Waals surface area contributed by atoms with E-state index in [0.29, 0.717) is 5.56 Å². The molecule has 0 spiro atoms. The third-order valence-electron chi connectivity index (χ3n) is 5.58. The molecule has 3 heterocycles. The lowest BCUT2D eigenvalue weighted by Gasteiger charge is -2.07. The average Bonchev–Trinajstić information content (AvgIpc) is 3.58. The molecule has 3 aromatic heterocycles. The van der Waals surface area contributed by atoms with E-state index < -0.39 is 5.97 Å². The van der Waals surface area contributed by atoms with E-state index in [1.165, 1.54) is 6.08 Å². The van der Waals surface area contributed by atoms with Crippen LogP contribution >= 0.6 is 11.3 Å². The second kappa shape index (κ2) is 10.5. The summed E-state index contributed by atoms with van der Waals surface area (Å²) < 4.78 is 9.16. The number of thiophene rings is 1. The highest BCUT2D eigenvalue weighted by Gasteiger charge is 2.17. The fourth-order valence-electron chi connectivity index (χ4n) is 3.90. The normalized spacial score (nSPS) is 11.3. The molecule has 0 radical (unpaired) electrons.